The van der Waals surface area contributed by atoms with E-state index < -0.39 is 17.9 Å². The molecular formula is C35H34O9. The highest BCUT2D eigenvalue weighted by atomic mass is 16.5. The van der Waals surface area contributed by atoms with Crippen molar-refractivity contribution in [2.45, 2.75) is 19.3 Å². The topological polar surface area (TPSA) is 140 Å². The number of carboxylic acid groups (broad SMARTS) is 3. The van der Waals surface area contributed by atoms with Gasteiger partial charge in [-0.3, -0.25) is 14.4 Å². The predicted molar refractivity (Wildman–Crippen MR) is 168 cm³/mol. The molecule has 0 bridgehead atoms. The first-order valence-electron chi connectivity index (χ1n) is 13.9. The summed E-state index contributed by atoms with van der Waals surface area (Å²) in [5, 5.41) is 29.7. The fourth-order valence-corrected chi connectivity index (χ4v) is 3.86. The van der Waals surface area contributed by atoms with Gasteiger partial charge in [-0.25, -0.2) is 0 Å². The standard InChI is InChI=1S/2C13H12O3.C9H10O3/c14-13(15)8-9-16-12-7-3-5-10-4-1-2-6-11(10)12;14-13(15)7-8-16-12-6-5-10-3-1-2-4-11(10)9-12;10-9(11)6-7-12-8-4-2-1-3-5-8/h1-7H,8-9H2,(H,14,15);1-6,9H,7-8H2,(H,14,15);1-5H,6-7H2,(H,10,11). The number of para-hydroxylation sites is 1. The van der Waals surface area contributed by atoms with E-state index >= 15 is 0 Å². The van der Waals surface area contributed by atoms with Crippen LogP contribution in [0.15, 0.2) is 115 Å². The summed E-state index contributed by atoms with van der Waals surface area (Å²) in [6.45, 7) is 0.621. The molecule has 0 aliphatic heterocycles. The molecule has 0 unspecified atom stereocenters. The van der Waals surface area contributed by atoms with Crippen LogP contribution >= 0.6 is 0 Å². The van der Waals surface area contributed by atoms with Crippen LogP contribution in [0.3, 0.4) is 0 Å². The van der Waals surface area contributed by atoms with Crippen LogP contribution in [0.25, 0.3) is 21.5 Å². The minimum absolute atomic E-state index is 0.0171. The molecule has 5 rings (SSSR count). The fraction of sp³-hybridized carbons (Fsp3) is 0.171. The zero-order valence-electron chi connectivity index (χ0n) is 24.0. The molecule has 44 heavy (non-hydrogen) atoms. The van der Waals surface area contributed by atoms with Crippen molar-refractivity contribution in [2.75, 3.05) is 19.8 Å². The van der Waals surface area contributed by atoms with Gasteiger partial charge < -0.3 is 29.5 Å². The lowest BCUT2D eigenvalue weighted by Gasteiger charge is -2.07. The average Bonchev–Trinajstić information content (AvgIpc) is 3.02. The van der Waals surface area contributed by atoms with Crippen LogP contribution in [0, 0.1) is 0 Å². The first kappa shape index (κ1) is 32.9. The second-order valence-corrected chi connectivity index (χ2v) is 9.28. The Labute approximate surface area is 254 Å². The fourth-order valence-electron chi connectivity index (χ4n) is 3.86. The summed E-state index contributed by atoms with van der Waals surface area (Å²) < 4.78 is 15.9. The smallest absolute Gasteiger partial charge is 0.306 e. The molecule has 0 heterocycles. The van der Waals surface area contributed by atoms with Crippen LogP contribution in [0.4, 0.5) is 0 Å². The molecule has 0 amide bonds. The summed E-state index contributed by atoms with van der Waals surface area (Å²) >= 11 is 0. The van der Waals surface area contributed by atoms with E-state index in [0.29, 0.717) is 11.5 Å². The molecular weight excluding hydrogens is 564 g/mol. The van der Waals surface area contributed by atoms with Crippen LogP contribution in [0.5, 0.6) is 17.2 Å². The molecule has 0 spiro atoms. The van der Waals surface area contributed by atoms with Crippen molar-refractivity contribution in [1.82, 2.24) is 0 Å². The van der Waals surface area contributed by atoms with Gasteiger partial charge in [-0.2, -0.15) is 0 Å². The summed E-state index contributed by atoms with van der Waals surface area (Å²) in [5.41, 5.74) is 0. The third kappa shape index (κ3) is 12.1. The lowest BCUT2D eigenvalue weighted by Crippen LogP contribution is -2.04. The molecule has 5 aromatic carbocycles. The minimum atomic E-state index is -0.847. The molecule has 0 saturated carbocycles. The molecule has 0 aliphatic rings. The Balaban J connectivity index is 0.000000183. The zero-order chi connectivity index (χ0) is 31.6. The van der Waals surface area contributed by atoms with Gasteiger partial charge in [-0.15, -0.1) is 0 Å². The Hall–Kier alpha value is -5.57. The minimum Gasteiger partial charge on any atom is -0.493 e. The summed E-state index contributed by atoms with van der Waals surface area (Å²) in [5.74, 6) is -0.384. The average molecular weight is 599 g/mol. The molecule has 5 aromatic rings. The zero-order valence-corrected chi connectivity index (χ0v) is 24.0. The number of rotatable bonds is 12. The molecule has 9 nitrogen and oxygen atoms in total. The third-order valence-corrected chi connectivity index (χ3v) is 5.96. The number of carboxylic acids is 3. The van der Waals surface area contributed by atoms with E-state index in [1.54, 1.807) is 12.1 Å². The van der Waals surface area contributed by atoms with E-state index in [4.69, 9.17) is 29.5 Å². The molecule has 0 radical (unpaired) electrons. The van der Waals surface area contributed by atoms with E-state index in [9.17, 15) is 14.4 Å². The number of hydrogen-bond donors (Lipinski definition) is 3. The highest BCUT2D eigenvalue weighted by Gasteiger charge is 2.03. The van der Waals surface area contributed by atoms with Gasteiger partial charge in [0.05, 0.1) is 39.1 Å². The lowest BCUT2D eigenvalue weighted by atomic mass is 10.1. The van der Waals surface area contributed by atoms with Crippen LogP contribution in [0.1, 0.15) is 19.3 Å². The number of carbonyl (C=O) groups is 3. The van der Waals surface area contributed by atoms with E-state index in [-0.39, 0.29) is 39.1 Å². The van der Waals surface area contributed by atoms with E-state index in [0.717, 1.165) is 27.3 Å². The highest BCUT2D eigenvalue weighted by Crippen LogP contribution is 2.25. The van der Waals surface area contributed by atoms with Gasteiger partial charge in [0.25, 0.3) is 0 Å². The van der Waals surface area contributed by atoms with Crippen molar-refractivity contribution in [2.24, 2.45) is 0 Å². The maximum absolute atomic E-state index is 10.4. The van der Waals surface area contributed by atoms with Gasteiger partial charge in [-0.05, 0) is 46.5 Å². The third-order valence-electron chi connectivity index (χ3n) is 5.96. The van der Waals surface area contributed by atoms with Crippen molar-refractivity contribution in [3.05, 3.63) is 115 Å². The van der Waals surface area contributed by atoms with Crippen LogP contribution in [0.2, 0.25) is 0 Å². The molecule has 0 aliphatic carbocycles. The van der Waals surface area contributed by atoms with Gasteiger partial charge in [0.1, 0.15) is 17.2 Å². The Morgan fingerprint density at radius 1 is 0.455 bits per heavy atom. The van der Waals surface area contributed by atoms with E-state index in [1.807, 2.05) is 103 Å². The number of aliphatic carboxylic acids is 3. The van der Waals surface area contributed by atoms with Crippen LogP contribution < -0.4 is 14.2 Å². The number of benzene rings is 5. The maximum Gasteiger partial charge on any atom is 0.306 e. The molecule has 3 N–H and O–H groups in total. The van der Waals surface area contributed by atoms with Gasteiger partial charge in [0.15, 0.2) is 0 Å². The molecule has 228 valence electrons. The first-order valence-corrected chi connectivity index (χ1v) is 13.9. The van der Waals surface area contributed by atoms with Gasteiger partial charge in [0.2, 0.25) is 0 Å². The first-order chi connectivity index (χ1) is 21.3. The van der Waals surface area contributed by atoms with Gasteiger partial charge in [0, 0.05) is 5.39 Å². The van der Waals surface area contributed by atoms with Crippen molar-refractivity contribution < 1.29 is 43.9 Å². The molecule has 0 fully saturated rings. The molecule has 9 heteroatoms. The van der Waals surface area contributed by atoms with Crippen molar-refractivity contribution in [3.63, 3.8) is 0 Å². The van der Waals surface area contributed by atoms with Crippen LogP contribution in [-0.4, -0.2) is 53.0 Å². The Morgan fingerprint density at radius 3 is 1.59 bits per heavy atom. The SMILES string of the molecule is O=C(O)CCOc1ccc2ccccc2c1.O=C(O)CCOc1cccc2ccccc12.O=C(O)CCOc1ccccc1. The summed E-state index contributed by atoms with van der Waals surface area (Å²) in [6, 6.07) is 36.5. The van der Waals surface area contributed by atoms with E-state index in [1.165, 1.54) is 0 Å². The summed E-state index contributed by atoms with van der Waals surface area (Å²) in [7, 11) is 0. The highest BCUT2D eigenvalue weighted by molar-refractivity contribution is 5.88. The van der Waals surface area contributed by atoms with Crippen molar-refractivity contribution >= 4 is 39.5 Å². The second-order valence-electron chi connectivity index (χ2n) is 9.28. The molecule has 0 saturated heterocycles. The number of fused-ring (bicyclic) bond motifs is 2. The molecule has 0 aromatic heterocycles. The summed E-state index contributed by atoms with van der Waals surface area (Å²) in [4.78, 5) is 30.8. The lowest BCUT2D eigenvalue weighted by molar-refractivity contribution is -0.138. The Kier molecular flexibility index (Phi) is 13.5. The van der Waals surface area contributed by atoms with Crippen molar-refractivity contribution in [3.8, 4) is 17.2 Å². The van der Waals surface area contributed by atoms with Gasteiger partial charge in [-0.1, -0.05) is 84.9 Å². The normalized spacial score (nSPS) is 10.0. The van der Waals surface area contributed by atoms with Crippen molar-refractivity contribution in [1.29, 1.82) is 0 Å². The Bertz CT molecular complexity index is 1620. The summed E-state index contributed by atoms with van der Waals surface area (Å²) in [6.07, 6.45) is 0.0743. The Morgan fingerprint density at radius 2 is 0.955 bits per heavy atom. The largest absolute Gasteiger partial charge is 0.493 e. The predicted octanol–water partition coefficient (Wildman–Crippen LogP) is 6.93. The maximum atomic E-state index is 10.4. The monoisotopic (exact) mass is 598 g/mol. The molecule has 0 atom stereocenters. The van der Waals surface area contributed by atoms with Gasteiger partial charge >= 0.3 is 17.9 Å². The number of hydrogen-bond acceptors (Lipinski definition) is 6. The number of ether oxygens (including phenoxy) is 3. The van der Waals surface area contributed by atoms with Crippen LogP contribution in [-0.2, 0) is 14.4 Å². The quantitative estimate of drug-likeness (QED) is 0.139. The van der Waals surface area contributed by atoms with E-state index in [2.05, 4.69) is 0 Å². The second kappa shape index (κ2) is 18.1.